The van der Waals surface area contributed by atoms with E-state index in [-0.39, 0.29) is 0 Å². The molecule has 0 radical (unpaired) electrons. The highest BCUT2D eigenvalue weighted by molar-refractivity contribution is 8.14. The monoisotopic (exact) mass is 238 g/mol. The molecule has 0 amide bonds. The number of thioether (sulfide) groups is 1. The molecule has 0 saturated carbocycles. The summed E-state index contributed by atoms with van der Waals surface area (Å²) in [5, 5.41) is 4.99. The summed E-state index contributed by atoms with van der Waals surface area (Å²) < 4.78 is 5.49. The largest absolute Gasteiger partial charge is 0.465 e. The molecule has 0 aliphatic carbocycles. The summed E-state index contributed by atoms with van der Waals surface area (Å²) in [6.45, 7) is 8.10. The molecule has 3 nitrogen and oxygen atoms in total. The molecule has 1 unspecified atom stereocenters. The molecule has 1 atom stereocenters. The van der Waals surface area contributed by atoms with Crippen LogP contribution in [0.25, 0.3) is 0 Å². The number of rotatable bonds is 3. The topological polar surface area (TPSA) is 37.5 Å². The van der Waals surface area contributed by atoms with Crippen LogP contribution in [-0.2, 0) is 6.54 Å². The first-order valence-corrected chi connectivity index (χ1v) is 6.53. The maximum Gasteiger partial charge on any atom is 0.157 e. The zero-order chi connectivity index (χ0) is 11.5. The molecule has 2 heterocycles. The van der Waals surface area contributed by atoms with Crippen molar-refractivity contribution in [3.8, 4) is 0 Å². The van der Waals surface area contributed by atoms with Gasteiger partial charge in [0.05, 0.1) is 13.1 Å². The number of hydrogen-bond donors (Lipinski definition) is 1. The summed E-state index contributed by atoms with van der Waals surface area (Å²) in [6.07, 6.45) is 0. The molecule has 0 saturated heterocycles. The quantitative estimate of drug-likeness (QED) is 0.880. The van der Waals surface area contributed by atoms with Gasteiger partial charge in [-0.3, -0.25) is 4.99 Å². The molecule has 1 aromatic rings. The fraction of sp³-hybridized carbons (Fsp3) is 0.583. The Labute approximate surface area is 101 Å². The van der Waals surface area contributed by atoms with Crippen molar-refractivity contribution in [3.63, 3.8) is 0 Å². The second-order valence-corrected chi connectivity index (χ2v) is 5.64. The smallest absolute Gasteiger partial charge is 0.157 e. The van der Waals surface area contributed by atoms with Crippen molar-refractivity contribution in [2.24, 2.45) is 10.9 Å². The lowest BCUT2D eigenvalue weighted by Gasteiger charge is -2.11. The van der Waals surface area contributed by atoms with E-state index in [1.165, 1.54) is 0 Å². The molecular weight excluding hydrogens is 220 g/mol. The number of aryl methyl sites for hydroxylation is 1. The number of nitrogens with one attached hydrogen (secondary N) is 1. The zero-order valence-electron chi connectivity index (χ0n) is 9.99. The van der Waals surface area contributed by atoms with Crippen LogP contribution in [0.2, 0.25) is 0 Å². The van der Waals surface area contributed by atoms with Crippen LogP contribution < -0.4 is 5.32 Å². The zero-order valence-corrected chi connectivity index (χ0v) is 10.8. The van der Waals surface area contributed by atoms with Crippen LogP contribution in [-0.4, -0.2) is 17.0 Å². The van der Waals surface area contributed by atoms with Gasteiger partial charge in [-0.1, -0.05) is 25.6 Å². The third-order valence-electron chi connectivity index (χ3n) is 2.63. The molecule has 0 aromatic carbocycles. The lowest BCUT2D eigenvalue weighted by molar-refractivity contribution is 0.478. The van der Waals surface area contributed by atoms with Crippen LogP contribution in [0.5, 0.6) is 0 Å². The molecule has 1 aliphatic rings. The molecule has 0 spiro atoms. The molecular formula is C12H18N2OS. The number of nitrogens with zero attached hydrogens (tertiary/aromatic N) is 1. The third kappa shape index (κ3) is 2.82. The van der Waals surface area contributed by atoms with E-state index in [0.717, 1.165) is 29.8 Å². The van der Waals surface area contributed by atoms with Crippen molar-refractivity contribution in [2.45, 2.75) is 32.6 Å². The Morgan fingerprint density at radius 1 is 1.56 bits per heavy atom. The van der Waals surface area contributed by atoms with Gasteiger partial charge in [-0.25, -0.2) is 0 Å². The van der Waals surface area contributed by atoms with Crippen LogP contribution in [0, 0.1) is 12.8 Å². The Kier molecular flexibility index (Phi) is 3.59. The number of hydrogen-bond acceptors (Lipinski definition) is 4. The highest BCUT2D eigenvalue weighted by atomic mass is 32.2. The second-order valence-electron chi connectivity index (χ2n) is 4.41. The van der Waals surface area contributed by atoms with E-state index in [1.54, 1.807) is 0 Å². The van der Waals surface area contributed by atoms with Crippen LogP contribution in [0.3, 0.4) is 0 Å². The number of amidine groups is 1. The summed E-state index contributed by atoms with van der Waals surface area (Å²) >= 11 is 1.84. The lowest BCUT2D eigenvalue weighted by Crippen LogP contribution is -2.19. The van der Waals surface area contributed by atoms with Crippen molar-refractivity contribution in [1.29, 1.82) is 0 Å². The first kappa shape index (κ1) is 11.6. The maximum atomic E-state index is 5.49. The van der Waals surface area contributed by atoms with E-state index in [0.29, 0.717) is 11.2 Å². The Bertz CT molecular complexity index is 384. The Hall–Kier alpha value is -0.900. The number of furan rings is 1. The minimum atomic E-state index is 0.626. The predicted molar refractivity (Wildman–Crippen MR) is 68.8 cm³/mol. The molecule has 2 rings (SSSR count). The van der Waals surface area contributed by atoms with E-state index in [2.05, 4.69) is 24.2 Å². The fourth-order valence-electron chi connectivity index (χ4n) is 1.58. The Balaban J connectivity index is 1.80. The van der Waals surface area contributed by atoms with Gasteiger partial charge < -0.3 is 9.73 Å². The minimum Gasteiger partial charge on any atom is -0.465 e. The molecule has 16 heavy (non-hydrogen) atoms. The molecule has 4 heteroatoms. The van der Waals surface area contributed by atoms with E-state index in [4.69, 9.17) is 4.42 Å². The van der Waals surface area contributed by atoms with Gasteiger partial charge in [0.15, 0.2) is 5.17 Å². The van der Waals surface area contributed by atoms with Crippen molar-refractivity contribution >= 4 is 16.9 Å². The van der Waals surface area contributed by atoms with Crippen LogP contribution >= 0.6 is 11.8 Å². The molecule has 1 N–H and O–H groups in total. The van der Waals surface area contributed by atoms with Gasteiger partial charge in [-0.05, 0) is 25.0 Å². The molecule has 1 aromatic heterocycles. The van der Waals surface area contributed by atoms with Crippen molar-refractivity contribution in [1.82, 2.24) is 5.32 Å². The second kappa shape index (κ2) is 4.95. The minimum absolute atomic E-state index is 0.626. The van der Waals surface area contributed by atoms with E-state index >= 15 is 0 Å². The van der Waals surface area contributed by atoms with Crippen molar-refractivity contribution in [2.75, 3.05) is 6.54 Å². The standard InChI is InChI=1S/C12H18N2OS/c1-8(2)11-7-14-12(16-11)13-6-10-5-4-9(3)15-10/h4-5,8,11H,6-7H2,1-3H3,(H,13,14). The van der Waals surface area contributed by atoms with Crippen LogP contribution in [0.1, 0.15) is 25.4 Å². The first-order chi connectivity index (χ1) is 7.65. The fourth-order valence-corrected chi connectivity index (χ4v) is 2.59. The predicted octanol–water partition coefficient (Wildman–Crippen LogP) is 2.81. The summed E-state index contributed by atoms with van der Waals surface area (Å²) in [5.41, 5.74) is 0. The average Bonchev–Trinajstić information content (AvgIpc) is 2.83. The molecule has 88 valence electrons. The summed E-state index contributed by atoms with van der Waals surface area (Å²) in [4.78, 5) is 4.49. The van der Waals surface area contributed by atoms with E-state index in [1.807, 2.05) is 30.8 Å². The van der Waals surface area contributed by atoms with E-state index < -0.39 is 0 Å². The highest BCUT2D eigenvalue weighted by Gasteiger charge is 2.22. The summed E-state index contributed by atoms with van der Waals surface area (Å²) in [7, 11) is 0. The lowest BCUT2D eigenvalue weighted by atomic mass is 10.1. The summed E-state index contributed by atoms with van der Waals surface area (Å²) in [6, 6.07) is 3.99. The molecule has 1 aliphatic heterocycles. The van der Waals surface area contributed by atoms with Gasteiger partial charge >= 0.3 is 0 Å². The Morgan fingerprint density at radius 2 is 2.38 bits per heavy atom. The normalized spacial score (nSPS) is 20.2. The molecule has 0 bridgehead atoms. The van der Waals surface area contributed by atoms with Gasteiger partial charge in [-0.2, -0.15) is 0 Å². The van der Waals surface area contributed by atoms with Crippen molar-refractivity contribution in [3.05, 3.63) is 23.7 Å². The van der Waals surface area contributed by atoms with Gasteiger partial charge in [0.25, 0.3) is 0 Å². The number of aliphatic imine (C=N–C) groups is 1. The van der Waals surface area contributed by atoms with Gasteiger partial charge in [0.1, 0.15) is 11.5 Å². The van der Waals surface area contributed by atoms with E-state index in [9.17, 15) is 0 Å². The average molecular weight is 238 g/mol. The SMILES string of the molecule is Cc1ccc(CNC2=NCC(C(C)C)S2)o1. The van der Waals surface area contributed by atoms with Gasteiger partial charge in [0.2, 0.25) is 0 Å². The summed E-state index contributed by atoms with van der Waals surface area (Å²) in [5.74, 6) is 2.60. The highest BCUT2D eigenvalue weighted by Crippen LogP contribution is 2.26. The first-order valence-electron chi connectivity index (χ1n) is 5.65. The Morgan fingerprint density at radius 3 is 2.94 bits per heavy atom. The van der Waals surface area contributed by atoms with Gasteiger partial charge in [0, 0.05) is 5.25 Å². The van der Waals surface area contributed by atoms with Crippen molar-refractivity contribution < 1.29 is 4.42 Å². The third-order valence-corrected chi connectivity index (χ3v) is 4.12. The molecule has 0 fully saturated rings. The van der Waals surface area contributed by atoms with Gasteiger partial charge in [-0.15, -0.1) is 0 Å². The van der Waals surface area contributed by atoms with Crippen LogP contribution in [0.4, 0.5) is 0 Å². The van der Waals surface area contributed by atoms with Crippen LogP contribution in [0.15, 0.2) is 21.5 Å². The maximum absolute atomic E-state index is 5.49.